The van der Waals surface area contributed by atoms with Crippen LogP contribution in [-0.2, 0) is 5.41 Å². The fraction of sp³-hybridized carbons (Fsp3) is 0.462. The first-order valence-electron chi connectivity index (χ1n) is 6.46. The zero-order chi connectivity index (χ0) is 14.2. The zero-order valence-electron chi connectivity index (χ0n) is 10.7. The van der Waals surface area contributed by atoms with E-state index in [9.17, 15) is 8.78 Å². The minimum Gasteiger partial charge on any atom is -0.384 e. The molecule has 1 aliphatic rings. The van der Waals surface area contributed by atoms with Crippen molar-refractivity contribution in [3.05, 3.63) is 24.2 Å². The fourth-order valence-electron chi connectivity index (χ4n) is 2.66. The van der Waals surface area contributed by atoms with Crippen molar-refractivity contribution in [3.8, 4) is 11.4 Å². The number of nitrogens with two attached hydrogens (primary N) is 1. The highest BCUT2D eigenvalue weighted by molar-refractivity contribution is 5.57. The Morgan fingerprint density at radius 2 is 2.05 bits per heavy atom. The van der Waals surface area contributed by atoms with Crippen LogP contribution in [0.5, 0.6) is 0 Å². The maximum atomic E-state index is 13.4. The Kier molecular flexibility index (Phi) is 3.11. The first-order valence-corrected chi connectivity index (χ1v) is 6.46. The Balaban J connectivity index is 1.97. The average molecular weight is 280 g/mol. The van der Waals surface area contributed by atoms with Crippen LogP contribution in [-0.4, -0.2) is 21.6 Å². The van der Waals surface area contributed by atoms with Crippen LogP contribution < -0.4 is 5.73 Å². The van der Waals surface area contributed by atoms with E-state index in [-0.39, 0.29) is 11.7 Å². The molecule has 20 heavy (non-hydrogen) atoms. The molecule has 106 valence electrons. The van der Waals surface area contributed by atoms with E-state index in [0.717, 1.165) is 12.8 Å². The second-order valence-corrected chi connectivity index (χ2v) is 5.06. The van der Waals surface area contributed by atoms with Gasteiger partial charge in [0.25, 0.3) is 6.43 Å². The molecular formula is C13H14F2N4O. The van der Waals surface area contributed by atoms with Gasteiger partial charge >= 0.3 is 0 Å². The topological polar surface area (TPSA) is 77.8 Å². The Bertz CT molecular complexity index is 608. The number of nitrogen functional groups attached to an aromatic ring is 1. The van der Waals surface area contributed by atoms with Gasteiger partial charge in [0.15, 0.2) is 0 Å². The van der Waals surface area contributed by atoms with Crippen molar-refractivity contribution in [2.24, 2.45) is 0 Å². The van der Waals surface area contributed by atoms with Crippen LogP contribution in [0.4, 0.5) is 14.6 Å². The predicted molar refractivity (Wildman–Crippen MR) is 68.1 cm³/mol. The quantitative estimate of drug-likeness (QED) is 0.935. The zero-order valence-corrected chi connectivity index (χ0v) is 10.7. The van der Waals surface area contributed by atoms with Crippen LogP contribution in [0.2, 0.25) is 0 Å². The Morgan fingerprint density at radius 1 is 1.30 bits per heavy atom. The standard InChI is InChI=1S/C13H14F2N4O/c14-11(15)13(4-1-2-5-13)12-18-10(19-20-12)8-3-6-17-9(16)7-8/h3,6-7,11H,1-2,4-5H2,(H2,16,17). The van der Waals surface area contributed by atoms with E-state index >= 15 is 0 Å². The molecule has 0 amide bonds. The lowest BCUT2D eigenvalue weighted by atomic mass is 9.86. The lowest BCUT2D eigenvalue weighted by molar-refractivity contribution is 0.0328. The van der Waals surface area contributed by atoms with E-state index in [2.05, 4.69) is 15.1 Å². The number of halogens is 2. The number of aromatic nitrogens is 3. The molecule has 7 heteroatoms. The van der Waals surface area contributed by atoms with Crippen LogP contribution in [0.1, 0.15) is 31.6 Å². The number of nitrogens with zero attached hydrogens (tertiary/aromatic N) is 3. The number of rotatable bonds is 3. The van der Waals surface area contributed by atoms with Crippen molar-refractivity contribution in [2.75, 3.05) is 5.73 Å². The molecule has 1 aliphatic carbocycles. The first kappa shape index (κ1) is 13.0. The molecule has 0 saturated heterocycles. The molecule has 0 atom stereocenters. The third-order valence-corrected chi connectivity index (χ3v) is 3.80. The van der Waals surface area contributed by atoms with Crippen molar-refractivity contribution >= 4 is 5.82 Å². The second-order valence-electron chi connectivity index (χ2n) is 5.06. The van der Waals surface area contributed by atoms with E-state index < -0.39 is 11.8 Å². The van der Waals surface area contributed by atoms with Gasteiger partial charge in [-0.1, -0.05) is 18.0 Å². The van der Waals surface area contributed by atoms with E-state index in [1.807, 2.05) is 0 Å². The molecule has 0 spiro atoms. The van der Waals surface area contributed by atoms with Gasteiger partial charge in [0.05, 0.1) is 0 Å². The van der Waals surface area contributed by atoms with Gasteiger partial charge in [-0.15, -0.1) is 0 Å². The molecule has 2 aromatic heterocycles. The highest BCUT2D eigenvalue weighted by atomic mass is 19.3. The van der Waals surface area contributed by atoms with Crippen LogP contribution in [0.15, 0.2) is 22.9 Å². The molecule has 3 rings (SSSR count). The SMILES string of the molecule is Nc1cc(-c2noc(C3(C(F)F)CCCC3)n2)ccn1. The monoisotopic (exact) mass is 280 g/mol. The van der Waals surface area contributed by atoms with Gasteiger partial charge in [0.1, 0.15) is 11.2 Å². The number of hydrogen-bond donors (Lipinski definition) is 1. The van der Waals surface area contributed by atoms with Crippen molar-refractivity contribution in [3.63, 3.8) is 0 Å². The fourth-order valence-corrected chi connectivity index (χ4v) is 2.66. The molecular weight excluding hydrogens is 266 g/mol. The number of anilines is 1. The van der Waals surface area contributed by atoms with E-state index in [0.29, 0.717) is 24.2 Å². The van der Waals surface area contributed by atoms with Gasteiger partial charge < -0.3 is 10.3 Å². The molecule has 2 N–H and O–H groups in total. The van der Waals surface area contributed by atoms with E-state index in [1.54, 1.807) is 12.1 Å². The average Bonchev–Trinajstić information content (AvgIpc) is 3.08. The summed E-state index contributed by atoms with van der Waals surface area (Å²) in [5, 5.41) is 3.80. The molecule has 0 unspecified atom stereocenters. The van der Waals surface area contributed by atoms with E-state index in [4.69, 9.17) is 10.3 Å². The number of alkyl halides is 2. The second kappa shape index (κ2) is 4.81. The van der Waals surface area contributed by atoms with Gasteiger partial charge in [0.2, 0.25) is 11.7 Å². The lowest BCUT2D eigenvalue weighted by Crippen LogP contribution is -2.31. The molecule has 0 aliphatic heterocycles. The lowest BCUT2D eigenvalue weighted by Gasteiger charge is -2.22. The summed E-state index contributed by atoms with van der Waals surface area (Å²) >= 11 is 0. The molecule has 5 nitrogen and oxygen atoms in total. The van der Waals surface area contributed by atoms with Crippen molar-refractivity contribution < 1.29 is 13.3 Å². The Morgan fingerprint density at radius 3 is 2.70 bits per heavy atom. The summed E-state index contributed by atoms with van der Waals surface area (Å²) in [4.78, 5) is 8.02. The predicted octanol–water partition coefficient (Wildman–Crippen LogP) is 2.79. The van der Waals surface area contributed by atoms with Gasteiger partial charge in [-0.3, -0.25) is 0 Å². The normalized spacial score (nSPS) is 17.8. The summed E-state index contributed by atoms with van der Waals surface area (Å²) in [5.74, 6) is 0.606. The van der Waals surface area contributed by atoms with Crippen molar-refractivity contribution in [2.45, 2.75) is 37.5 Å². The highest BCUT2D eigenvalue weighted by Gasteiger charge is 2.48. The van der Waals surface area contributed by atoms with Crippen LogP contribution in [0.3, 0.4) is 0 Å². The van der Waals surface area contributed by atoms with Gasteiger partial charge in [-0.05, 0) is 25.0 Å². The smallest absolute Gasteiger partial charge is 0.252 e. The largest absolute Gasteiger partial charge is 0.384 e. The number of pyridine rings is 1. The number of hydrogen-bond acceptors (Lipinski definition) is 5. The molecule has 0 radical (unpaired) electrons. The minimum absolute atomic E-state index is 0.0235. The van der Waals surface area contributed by atoms with Crippen molar-refractivity contribution in [1.29, 1.82) is 0 Å². The molecule has 2 heterocycles. The minimum atomic E-state index is -2.50. The van der Waals surface area contributed by atoms with E-state index in [1.165, 1.54) is 6.20 Å². The summed E-state index contributed by atoms with van der Waals surface area (Å²) in [6.45, 7) is 0. The Labute approximate surface area is 114 Å². The maximum Gasteiger partial charge on any atom is 0.252 e. The third-order valence-electron chi connectivity index (χ3n) is 3.80. The Hall–Kier alpha value is -2.05. The highest BCUT2D eigenvalue weighted by Crippen LogP contribution is 2.45. The van der Waals surface area contributed by atoms with Crippen molar-refractivity contribution in [1.82, 2.24) is 15.1 Å². The maximum absolute atomic E-state index is 13.4. The summed E-state index contributed by atoms with van der Waals surface area (Å²) in [7, 11) is 0. The van der Waals surface area contributed by atoms with Crippen LogP contribution >= 0.6 is 0 Å². The summed E-state index contributed by atoms with van der Waals surface area (Å²) in [6, 6.07) is 3.24. The summed E-state index contributed by atoms with van der Waals surface area (Å²) < 4.78 is 31.9. The third kappa shape index (κ3) is 2.03. The first-order chi connectivity index (χ1) is 9.62. The molecule has 2 aromatic rings. The van der Waals surface area contributed by atoms with Gasteiger partial charge in [-0.25, -0.2) is 13.8 Å². The summed E-state index contributed by atoms with van der Waals surface area (Å²) in [5.41, 5.74) is 4.90. The molecule has 1 fully saturated rings. The molecule has 0 bridgehead atoms. The van der Waals surface area contributed by atoms with Gasteiger partial charge in [0, 0.05) is 11.8 Å². The molecule has 0 aromatic carbocycles. The van der Waals surface area contributed by atoms with Crippen LogP contribution in [0, 0.1) is 0 Å². The van der Waals surface area contributed by atoms with Gasteiger partial charge in [-0.2, -0.15) is 4.98 Å². The summed E-state index contributed by atoms with van der Waals surface area (Å²) in [6.07, 6.45) is 1.28. The molecule has 1 saturated carbocycles. The van der Waals surface area contributed by atoms with Crippen LogP contribution in [0.25, 0.3) is 11.4 Å².